The third-order valence-electron chi connectivity index (χ3n) is 3.43. The van der Waals surface area contributed by atoms with Crippen LogP contribution in [0, 0.1) is 0 Å². The first-order valence-corrected chi connectivity index (χ1v) is 8.72. The van der Waals surface area contributed by atoms with E-state index in [1.54, 1.807) is 12.1 Å². The van der Waals surface area contributed by atoms with Gasteiger partial charge in [-0.05, 0) is 57.9 Å². The summed E-state index contributed by atoms with van der Waals surface area (Å²) in [6.07, 6.45) is -3.57. The number of carbonyl (C=O) groups is 2. The lowest BCUT2D eigenvalue weighted by molar-refractivity contribution is -0.137. The molecule has 2 aromatic rings. The summed E-state index contributed by atoms with van der Waals surface area (Å²) < 4.78 is 38.4. The van der Waals surface area contributed by atoms with Crippen LogP contribution in [-0.4, -0.2) is 23.1 Å². The van der Waals surface area contributed by atoms with E-state index >= 15 is 0 Å². The fraction of sp³-hybridized carbons (Fsp3) is 0.167. The van der Waals surface area contributed by atoms with Gasteiger partial charge in [-0.1, -0.05) is 6.07 Å². The predicted molar refractivity (Wildman–Crippen MR) is 101 cm³/mol. The predicted octanol–water partition coefficient (Wildman–Crippen LogP) is 4.04. The highest BCUT2D eigenvalue weighted by Crippen LogP contribution is 2.30. The molecule has 0 aromatic heterocycles. The Morgan fingerprint density at radius 3 is 2.50 bits per heavy atom. The molecule has 0 spiro atoms. The second-order valence-electron chi connectivity index (χ2n) is 5.63. The van der Waals surface area contributed by atoms with Crippen molar-refractivity contribution >= 4 is 39.6 Å². The van der Waals surface area contributed by atoms with E-state index in [0.717, 1.165) is 12.1 Å². The van der Waals surface area contributed by atoms with Gasteiger partial charge < -0.3 is 10.4 Å². The number of nitrogens with zero attached hydrogens (tertiary/aromatic N) is 1. The maximum atomic E-state index is 12.6. The lowest BCUT2D eigenvalue weighted by Gasteiger charge is -2.09. The molecule has 0 heterocycles. The number of halogens is 4. The van der Waals surface area contributed by atoms with E-state index in [-0.39, 0.29) is 24.3 Å². The van der Waals surface area contributed by atoms with Crippen molar-refractivity contribution in [1.82, 2.24) is 5.43 Å². The van der Waals surface area contributed by atoms with E-state index < -0.39 is 23.6 Å². The topological polar surface area (TPSA) is 90.8 Å². The lowest BCUT2D eigenvalue weighted by Crippen LogP contribution is -2.20. The van der Waals surface area contributed by atoms with E-state index in [1.165, 1.54) is 24.4 Å². The van der Waals surface area contributed by atoms with Crippen LogP contribution in [0.15, 0.2) is 52.0 Å². The number of hydrogen-bond donors (Lipinski definition) is 3. The van der Waals surface area contributed by atoms with Crippen LogP contribution in [-0.2, 0) is 15.8 Å². The van der Waals surface area contributed by atoms with Crippen molar-refractivity contribution in [3.63, 3.8) is 0 Å². The van der Waals surface area contributed by atoms with Gasteiger partial charge in [-0.25, -0.2) is 5.43 Å². The molecule has 3 N–H and O–H groups in total. The number of alkyl halides is 3. The molecule has 28 heavy (non-hydrogen) atoms. The van der Waals surface area contributed by atoms with E-state index in [1.807, 2.05) is 0 Å². The summed E-state index contributed by atoms with van der Waals surface area (Å²) in [5.41, 5.74) is 1.98. The minimum Gasteiger partial charge on any atom is -0.507 e. The zero-order valence-electron chi connectivity index (χ0n) is 14.3. The highest BCUT2D eigenvalue weighted by atomic mass is 79.9. The summed E-state index contributed by atoms with van der Waals surface area (Å²) in [6.45, 7) is 0. The van der Waals surface area contributed by atoms with Crippen molar-refractivity contribution in [2.45, 2.75) is 19.0 Å². The molecule has 2 amide bonds. The Kier molecular flexibility index (Phi) is 7.16. The number of nitrogens with one attached hydrogen (secondary N) is 2. The maximum Gasteiger partial charge on any atom is 0.416 e. The van der Waals surface area contributed by atoms with Crippen molar-refractivity contribution < 1.29 is 27.9 Å². The first kappa shape index (κ1) is 21.4. The van der Waals surface area contributed by atoms with E-state index in [0.29, 0.717) is 10.0 Å². The zero-order chi connectivity index (χ0) is 20.7. The third-order valence-corrected chi connectivity index (χ3v) is 4.06. The molecule has 6 nitrogen and oxygen atoms in total. The Morgan fingerprint density at radius 2 is 1.82 bits per heavy atom. The molecule has 148 valence electrons. The Balaban J connectivity index is 1.80. The van der Waals surface area contributed by atoms with Crippen LogP contribution in [0.4, 0.5) is 18.9 Å². The summed E-state index contributed by atoms with van der Waals surface area (Å²) in [5, 5.41) is 15.4. The molecule has 0 radical (unpaired) electrons. The monoisotopic (exact) mass is 457 g/mol. The van der Waals surface area contributed by atoms with Gasteiger partial charge in [-0.15, -0.1) is 0 Å². The molecule has 0 saturated heterocycles. The number of aromatic hydroxyl groups is 1. The average Bonchev–Trinajstić information content (AvgIpc) is 2.62. The second-order valence-corrected chi connectivity index (χ2v) is 6.49. The van der Waals surface area contributed by atoms with Crippen LogP contribution in [0.5, 0.6) is 5.75 Å². The second kappa shape index (κ2) is 9.36. The van der Waals surface area contributed by atoms with E-state index in [9.17, 15) is 27.9 Å². The molecule has 0 unspecified atom stereocenters. The first-order chi connectivity index (χ1) is 13.1. The number of hydrazone groups is 1. The number of phenolic OH excluding ortho intramolecular Hbond substituents is 1. The Labute approximate surface area is 166 Å². The standard InChI is InChI=1S/C18H15BrF3N3O3/c19-14-8-11(4-5-15(14)26)10-23-25-17(28)7-6-16(27)24-13-3-1-2-12(9-13)18(20,21)22/h1-5,8-10,26H,6-7H2,(H,24,27)(H,25,28)/b23-10+. The van der Waals surface area contributed by atoms with Crippen LogP contribution in [0.3, 0.4) is 0 Å². The van der Waals surface area contributed by atoms with E-state index in [4.69, 9.17) is 0 Å². The Morgan fingerprint density at radius 1 is 1.11 bits per heavy atom. The normalized spacial score (nSPS) is 11.4. The van der Waals surface area contributed by atoms with Gasteiger partial charge in [0.2, 0.25) is 11.8 Å². The molecule has 0 aliphatic heterocycles. The summed E-state index contributed by atoms with van der Waals surface area (Å²) in [7, 11) is 0. The van der Waals surface area contributed by atoms with Crippen molar-refractivity contribution in [2.75, 3.05) is 5.32 Å². The van der Waals surface area contributed by atoms with E-state index in [2.05, 4.69) is 31.8 Å². The van der Waals surface area contributed by atoms with Crippen molar-refractivity contribution in [3.05, 3.63) is 58.1 Å². The fourth-order valence-corrected chi connectivity index (χ4v) is 2.46. The Bertz CT molecular complexity index is 901. The fourth-order valence-electron chi connectivity index (χ4n) is 2.06. The van der Waals surface area contributed by atoms with Gasteiger partial charge in [0.05, 0.1) is 16.3 Å². The summed E-state index contributed by atoms with van der Waals surface area (Å²) in [6, 6.07) is 8.84. The van der Waals surface area contributed by atoms with Crippen LogP contribution < -0.4 is 10.7 Å². The summed E-state index contributed by atoms with van der Waals surface area (Å²) in [4.78, 5) is 23.5. The molecule has 2 rings (SSSR count). The molecule has 10 heteroatoms. The van der Waals surface area contributed by atoms with Crippen molar-refractivity contribution in [3.8, 4) is 5.75 Å². The van der Waals surface area contributed by atoms with Crippen LogP contribution >= 0.6 is 15.9 Å². The summed E-state index contributed by atoms with van der Waals surface area (Å²) in [5.74, 6) is -1.07. The van der Waals surface area contributed by atoms with Crippen LogP contribution in [0.1, 0.15) is 24.0 Å². The Hall–Kier alpha value is -2.88. The first-order valence-electron chi connectivity index (χ1n) is 7.92. The molecule has 0 aliphatic carbocycles. The molecule has 2 aromatic carbocycles. The largest absolute Gasteiger partial charge is 0.507 e. The lowest BCUT2D eigenvalue weighted by atomic mass is 10.2. The van der Waals surface area contributed by atoms with Crippen molar-refractivity contribution in [2.24, 2.45) is 5.10 Å². The number of rotatable bonds is 6. The number of benzene rings is 2. The number of anilines is 1. The summed E-state index contributed by atoms with van der Waals surface area (Å²) >= 11 is 3.14. The molecule has 0 aliphatic rings. The average molecular weight is 458 g/mol. The van der Waals surface area contributed by atoms with Gasteiger partial charge in [-0.3, -0.25) is 9.59 Å². The minimum atomic E-state index is -4.51. The van der Waals surface area contributed by atoms with Crippen molar-refractivity contribution in [1.29, 1.82) is 0 Å². The molecule has 0 atom stereocenters. The van der Waals surface area contributed by atoms with Gasteiger partial charge >= 0.3 is 6.18 Å². The molecular formula is C18H15BrF3N3O3. The van der Waals surface area contributed by atoms with Gasteiger partial charge in [-0.2, -0.15) is 18.3 Å². The van der Waals surface area contributed by atoms with Gasteiger partial charge in [0, 0.05) is 18.5 Å². The zero-order valence-corrected chi connectivity index (χ0v) is 15.8. The quantitative estimate of drug-likeness (QED) is 0.451. The molecule has 0 bridgehead atoms. The molecular weight excluding hydrogens is 443 g/mol. The van der Waals surface area contributed by atoms with Gasteiger partial charge in [0.1, 0.15) is 5.75 Å². The van der Waals surface area contributed by atoms with Crippen LogP contribution in [0.2, 0.25) is 0 Å². The molecule has 0 fully saturated rings. The molecule has 0 saturated carbocycles. The highest BCUT2D eigenvalue weighted by Gasteiger charge is 2.30. The number of carbonyl (C=O) groups excluding carboxylic acids is 2. The third kappa shape index (κ3) is 6.69. The van der Waals surface area contributed by atoms with Crippen LogP contribution in [0.25, 0.3) is 0 Å². The minimum absolute atomic E-state index is 0.00355. The van der Waals surface area contributed by atoms with Gasteiger partial charge in [0.25, 0.3) is 0 Å². The van der Waals surface area contributed by atoms with Gasteiger partial charge in [0.15, 0.2) is 0 Å². The number of hydrogen-bond acceptors (Lipinski definition) is 4. The smallest absolute Gasteiger partial charge is 0.416 e. The number of phenols is 1. The highest BCUT2D eigenvalue weighted by molar-refractivity contribution is 9.10. The number of amides is 2. The maximum absolute atomic E-state index is 12.6. The SMILES string of the molecule is O=C(CCC(=O)Nc1cccc(C(F)(F)F)c1)N/N=C/c1ccc(O)c(Br)c1.